The molecule has 0 bridgehead atoms. The molecule has 132 valence electrons. The van der Waals surface area contributed by atoms with Gasteiger partial charge in [-0.25, -0.2) is 4.79 Å². The van der Waals surface area contributed by atoms with Crippen LogP contribution in [0.25, 0.3) is 0 Å². The highest BCUT2D eigenvalue weighted by Crippen LogP contribution is 2.66. The average Bonchev–Trinajstić information content (AvgIpc) is 2.59. The van der Waals surface area contributed by atoms with Crippen LogP contribution in [0.4, 0.5) is 0 Å². The minimum Gasteiger partial charge on any atom is -0.493 e. The Morgan fingerprint density at radius 2 is 1.96 bits per heavy atom. The molecular weight excluding hydrogens is 337 g/mol. The van der Waals surface area contributed by atoms with Gasteiger partial charge in [0.15, 0.2) is 11.5 Å². The van der Waals surface area contributed by atoms with Gasteiger partial charge in [-0.1, -0.05) is 12.1 Å². The first-order valence-corrected chi connectivity index (χ1v) is 8.77. The lowest BCUT2D eigenvalue weighted by atomic mass is 10.0. The number of rotatable bonds is 6. The fourth-order valence-electron chi connectivity index (χ4n) is 2.51. The molecule has 1 aromatic rings. The lowest BCUT2D eigenvalue weighted by Crippen LogP contribution is -2.27. The summed E-state index contributed by atoms with van der Waals surface area (Å²) >= 11 is 0. The first kappa shape index (κ1) is 18.3. The van der Waals surface area contributed by atoms with Crippen molar-refractivity contribution < 1.29 is 32.6 Å². The van der Waals surface area contributed by atoms with Crippen molar-refractivity contribution in [3.05, 3.63) is 35.2 Å². The number of carbonyl (C=O) groups is 1. The van der Waals surface area contributed by atoms with E-state index in [0.717, 1.165) is 0 Å². The molecule has 0 amide bonds. The second kappa shape index (κ2) is 7.25. The first-order chi connectivity index (χ1) is 11.4. The molecule has 24 heavy (non-hydrogen) atoms. The number of ether oxygens (including phenoxy) is 3. The van der Waals surface area contributed by atoms with Gasteiger partial charge in [0.25, 0.3) is 0 Å². The zero-order valence-corrected chi connectivity index (χ0v) is 14.8. The van der Waals surface area contributed by atoms with Gasteiger partial charge in [0, 0.05) is 19.8 Å². The molecule has 9 heteroatoms. The van der Waals surface area contributed by atoms with Crippen molar-refractivity contribution in [2.45, 2.75) is 12.6 Å². The first-order valence-electron chi connectivity index (χ1n) is 7.16. The van der Waals surface area contributed by atoms with Gasteiger partial charge in [-0.2, -0.15) is 0 Å². The molecule has 0 aromatic heterocycles. The Kier molecular flexibility index (Phi) is 5.54. The van der Waals surface area contributed by atoms with Gasteiger partial charge >= 0.3 is 13.6 Å². The van der Waals surface area contributed by atoms with Crippen molar-refractivity contribution in [3.63, 3.8) is 0 Å². The summed E-state index contributed by atoms with van der Waals surface area (Å²) in [6, 6.07) is 4.97. The van der Waals surface area contributed by atoms with Crippen LogP contribution in [0, 0.1) is 0 Å². The molecule has 1 atom stereocenters. The molecule has 0 saturated heterocycles. The van der Waals surface area contributed by atoms with Gasteiger partial charge in [-0.3, -0.25) is 4.57 Å². The summed E-state index contributed by atoms with van der Waals surface area (Å²) < 4.78 is 39.1. The molecule has 1 unspecified atom stereocenters. The number of methoxy groups -OCH3 is 1. The van der Waals surface area contributed by atoms with Gasteiger partial charge in [-0.15, -0.1) is 0 Å². The van der Waals surface area contributed by atoms with Crippen molar-refractivity contribution in [1.82, 2.24) is 0 Å². The van der Waals surface area contributed by atoms with Crippen LogP contribution in [0.5, 0.6) is 11.5 Å². The van der Waals surface area contributed by atoms with Crippen molar-refractivity contribution in [3.8, 4) is 11.5 Å². The molecule has 1 aliphatic heterocycles. The molecule has 8 nitrogen and oxygen atoms in total. The fraction of sp³-hybridized carbons (Fsp3) is 0.400. The van der Waals surface area contributed by atoms with Gasteiger partial charge < -0.3 is 29.0 Å². The van der Waals surface area contributed by atoms with Gasteiger partial charge in [0.2, 0.25) is 5.88 Å². The van der Waals surface area contributed by atoms with Crippen LogP contribution in [-0.4, -0.2) is 33.9 Å². The van der Waals surface area contributed by atoms with E-state index in [1.807, 2.05) is 0 Å². The minimum atomic E-state index is -3.76. The van der Waals surface area contributed by atoms with E-state index >= 15 is 0 Å². The predicted molar refractivity (Wildman–Crippen MR) is 85.8 cm³/mol. The van der Waals surface area contributed by atoms with Crippen LogP contribution in [0.3, 0.4) is 0 Å². The van der Waals surface area contributed by atoms with E-state index in [0.29, 0.717) is 11.3 Å². The van der Waals surface area contributed by atoms with Crippen molar-refractivity contribution in [1.29, 1.82) is 0 Å². The molecule has 1 aromatic carbocycles. The van der Waals surface area contributed by atoms with Crippen molar-refractivity contribution in [2.24, 2.45) is 5.73 Å². The predicted octanol–water partition coefficient (Wildman–Crippen LogP) is 2.35. The van der Waals surface area contributed by atoms with Crippen molar-refractivity contribution in [2.75, 3.05) is 27.9 Å². The number of para-hydroxylation sites is 1. The summed E-state index contributed by atoms with van der Waals surface area (Å²) in [6.07, 6.45) is 0. The molecule has 0 saturated carbocycles. The Labute approximate surface area is 140 Å². The Bertz CT molecular complexity index is 708. The normalized spacial score (nSPS) is 17.1. The number of hydrogen-bond acceptors (Lipinski definition) is 8. The van der Waals surface area contributed by atoms with Gasteiger partial charge in [-0.05, 0) is 13.0 Å². The van der Waals surface area contributed by atoms with Gasteiger partial charge in [0.1, 0.15) is 11.2 Å². The molecule has 1 aliphatic rings. The third-order valence-electron chi connectivity index (χ3n) is 3.60. The second-order valence-corrected chi connectivity index (χ2v) is 7.11. The Balaban J connectivity index is 2.72. The van der Waals surface area contributed by atoms with E-state index in [9.17, 15) is 9.36 Å². The van der Waals surface area contributed by atoms with Crippen molar-refractivity contribution >= 4 is 13.6 Å². The molecule has 2 rings (SSSR count). The average molecular weight is 357 g/mol. The molecule has 0 fully saturated rings. The van der Waals surface area contributed by atoms with E-state index in [-0.39, 0.29) is 23.8 Å². The minimum absolute atomic E-state index is 0.107. The van der Waals surface area contributed by atoms with E-state index in [4.69, 9.17) is 29.0 Å². The fourth-order valence-corrected chi connectivity index (χ4v) is 4.17. The van der Waals surface area contributed by atoms with Crippen LogP contribution < -0.4 is 15.2 Å². The maximum absolute atomic E-state index is 13.1. The van der Waals surface area contributed by atoms with E-state index < -0.39 is 19.2 Å². The summed E-state index contributed by atoms with van der Waals surface area (Å²) in [5.41, 5.74) is 5.12. The highest BCUT2D eigenvalue weighted by atomic mass is 31.2. The Morgan fingerprint density at radius 1 is 1.29 bits per heavy atom. The lowest BCUT2D eigenvalue weighted by Gasteiger charge is -2.31. The van der Waals surface area contributed by atoms with Gasteiger partial charge in [0.05, 0.1) is 13.7 Å². The molecule has 0 spiro atoms. The van der Waals surface area contributed by atoms with E-state index in [2.05, 4.69) is 0 Å². The zero-order valence-electron chi connectivity index (χ0n) is 13.9. The standard InChI is InChI=1S/C15H20NO7P/c1-5-22-15(17)11-13(24(18,20-3)21-4)9-7-6-8-10(19-2)12(9)23-14(11)16/h6-8,13H,5,16H2,1-4H3. The summed E-state index contributed by atoms with van der Waals surface area (Å²) in [5.74, 6) is -0.348. The summed E-state index contributed by atoms with van der Waals surface area (Å²) in [6.45, 7) is 1.77. The Hall–Kier alpha value is -2.02. The Morgan fingerprint density at radius 3 is 2.50 bits per heavy atom. The van der Waals surface area contributed by atoms with Crippen LogP contribution in [0.15, 0.2) is 29.7 Å². The third kappa shape index (κ3) is 3.00. The molecule has 0 aliphatic carbocycles. The molecular formula is C15H20NO7P. The van der Waals surface area contributed by atoms with Crippen LogP contribution >= 0.6 is 7.60 Å². The lowest BCUT2D eigenvalue weighted by molar-refractivity contribution is -0.139. The maximum Gasteiger partial charge on any atom is 0.342 e. The highest BCUT2D eigenvalue weighted by molar-refractivity contribution is 7.54. The summed E-state index contributed by atoms with van der Waals surface area (Å²) in [4.78, 5) is 12.4. The molecule has 1 heterocycles. The summed E-state index contributed by atoms with van der Waals surface area (Å²) in [7, 11) is 0.164. The number of benzene rings is 1. The number of fused-ring (bicyclic) bond motifs is 1. The largest absolute Gasteiger partial charge is 0.493 e. The van der Waals surface area contributed by atoms with E-state index in [1.165, 1.54) is 21.3 Å². The second-order valence-electron chi connectivity index (χ2n) is 4.79. The molecule has 0 radical (unpaired) electrons. The monoisotopic (exact) mass is 357 g/mol. The van der Waals surface area contributed by atoms with E-state index in [1.54, 1.807) is 25.1 Å². The zero-order chi connectivity index (χ0) is 17.9. The number of hydrogen-bond donors (Lipinski definition) is 1. The molecule has 2 N–H and O–H groups in total. The number of esters is 1. The quantitative estimate of drug-likeness (QED) is 0.611. The SMILES string of the molecule is CCOC(=O)C1=C(N)Oc2c(OC)cccc2C1P(=O)(OC)OC. The van der Waals surface area contributed by atoms with Crippen LogP contribution in [-0.2, 0) is 23.1 Å². The summed E-state index contributed by atoms with van der Waals surface area (Å²) in [5, 5.41) is 0. The third-order valence-corrected chi connectivity index (χ3v) is 5.78. The smallest absolute Gasteiger partial charge is 0.342 e. The van der Waals surface area contributed by atoms with Crippen LogP contribution in [0.2, 0.25) is 0 Å². The highest BCUT2D eigenvalue weighted by Gasteiger charge is 2.48. The van der Waals surface area contributed by atoms with Crippen LogP contribution in [0.1, 0.15) is 18.1 Å². The number of carbonyl (C=O) groups excluding carboxylic acids is 1. The topological polar surface area (TPSA) is 106 Å². The number of nitrogens with two attached hydrogens (primary N) is 1. The maximum atomic E-state index is 13.1.